The standard InChI is InChI=1S/C23H30FN3O4S/c1-5-31-22(29)12-25-23(30)27(16(2)3)15-21(28)26(14-20-17(4)10-11-32-20)13-18-6-8-19(24)9-7-18/h6-11,16H,5,12-15H2,1-4H3,(H,25,30). The molecule has 1 N–H and O–H groups in total. The van der Waals surface area contributed by atoms with Crippen molar-refractivity contribution in [1.29, 1.82) is 0 Å². The van der Waals surface area contributed by atoms with Crippen molar-refractivity contribution in [3.05, 3.63) is 57.5 Å². The fourth-order valence-electron chi connectivity index (χ4n) is 2.98. The number of carbonyl (C=O) groups excluding carboxylic acids is 3. The number of rotatable bonds is 10. The number of halogens is 1. The Bertz CT molecular complexity index is 914. The summed E-state index contributed by atoms with van der Waals surface area (Å²) in [5.41, 5.74) is 1.87. The second kappa shape index (κ2) is 12.2. The van der Waals surface area contributed by atoms with Gasteiger partial charge >= 0.3 is 12.0 Å². The summed E-state index contributed by atoms with van der Waals surface area (Å²) < 4.78 is 18.1. The summed E-state index contributed by atoms with van der Waals surface area (Å²) in [5.74, 6) is -1.13. The number of aryl methyl sites for hydroxylation is 1. The van der Waals surface area contributed by atoms with Gasteiger partial charge in [-0.2, -0.15) is 0 Å². The number of urea groups is 1. The van der Waals surface area contributed by atoms with Crippen LogP contribution in [0, 0.1) is 12.7 Å². The highest BCUT2D eigenvalue weighted by Gasteiger charge is 2.25. The molecule has 0 aliphatic carbocycles. The Morgan fingerprint density at radius 1 is 1.12 bits per heavy atom. The van der Waals surface area contributed by atoms with Gasteiger partial charge in [-0.1, -0.05) is 12.1 Å². The molecule has 1 aromatic heterocycles. The van der Waals surface area contributed by atoms with Crippen LogP contribution in [-0.2, 0) is 27.4 Å². The van der Waals surface area contributed by atoms with E-state index >= 15 is 0 Å². The van der Waals surface area contributed by atoms with Crippen molar-refractivity contribution >= 4 is 29.2 Å². The van der Waals surface area contributed by atoms with Crippen LogP contribution in [0.15, 0.2) is 35.7 Å². The number of esters is 1. The monoisotopic (exact) mass is 463 g/mol. The van der Waals surface area contributed by atoms with E-state index < -0.39 is 12.0 Å². The fourth-order valence-corrected chi connectivity index (χ4v) is 3.90. The average Bonchev–Trinajstić information content (AvgIpc) is 3.15. The molecule has 1 aromatic carbocycles. The van der Waals surface area contributed by atoms with Gasteiger partial charge in [-0.15, -0.1) is 11.3 Å². The number of nitrogens with one attached hydrogen (secondary N) is 1. The molecule has 7 nitrogen and oxygen atoms in total. The molecule has 0 atom stereocenters. The lowest BCUT2D eigenvalue weighted by Crippen LogP contribution is -2.50. The van der Waals surface area contributed by atoms with Crippen molar-refractivity contribution in [3.8, 4) is 0 Å². The number of thiophene rings is 1. The van der Waals surface area contributed by atoms with Gasteiger partial charge < -0.3 is 19.9 Å². The number of hydrogen-bond acceptors (Lipinski definition) is 5. The van der Waals surface area contributed by atoms with Crippen LogP contribution in [0.1, 0.15) is 36.8 Å². The predicted octanol–water partition coefficient (Wildman–Crippen LogP) is 3.71. The molecular formula is C23H30FN3O4S. The first-order valence-electron chi connectivity index (χ1n) is 10.5. The minimum Gasteiger partial charge on any atom is -0.465 e. The highest BCUT2D eigenvalue weighted by atomic mass is 32.1. The molecule has 0 aliphatic rings. The molecule has 0 unspecified atom stereocenters. The molecule has 3 amide bonds. The second-order valence-electron chi connectivity index (χ2n) is 7.59. The Kier molecular flexibility index (Phi) is 9.64. The van der Waals surface area contributed by atoms with Gasteiger partial charge in [0.05, 0.1) is 13.2 Å². The summed E-state index contributed by atoms with van der Waals surface area (Å²) in [6, 6.07) is 7.21. The van der Waals surface area contributed by atoms with Crippen LogP contribution >= 0.6 is 11.3 Å². The lowest BCUT2D eigenvalue weighted by Gasteiger charge is -2.30. The fraction of sp³-hybridized carbons (Fsp3) is 0.435. The van der Waals surface area contributed by atoms with Gasteiger partial charge in [-0.25, -0.2) is 9.18 Å². The highest BCUT2D eigenvalue weighted by molar-refractivity contribution is 7.10. The first kappa shape index (κ1) is 25.3. The third kappa shape index (κ3) is 7.64. The van der Waals surface area contributed by atoms with Crippen LogP contribution < -0.4 is 5.32 Å². The van der Waals surface area contributed by atoms with Gasteiger partial charge in [-0.05, 0) is 62.4 Å². The number of ether oxygens (including phenoxy) is 1. The molecule has 0 fully saturated rings. The minimum absolute atomic E-state index is 0.155. The van der Waals surface area contributed by atoms with Crippen molar-refractivity contribution < 1.29 is 23.5 Å². The summed E-state index contributed by atoms with van der Waals surface area (Å²) in [6.07, 6.45) is 0. The number of benzene rings is 1. The van der Waals surface area contributed by atoms with Crippen LogP contribution in [0.5, 0.6) is 0 Å². The van der Waals surface area contributed by atoms with E-state index in [0.29, 0.717) is 6.54 Å². The van der Waals surface area contributed by atoms with Gasteiger partial charge in [0.2, 0.25) is 5.91 Å². The Hall–Kier alpha value is -2.94. The lowest BCUT2D eigenvalue weighted by molar-refractivity contribution is -0.141. The number of hydrogen-bond donors (Lipinski definition) is 1. The molecule has 9 heteroatoms. The highest BCUT2D eigenvalue weighted by Crippen LogP contribution is 2.20. The molecule has 0 spiro atoms. The van der Waals surface area contributed by atoms with E-state index in [2.05, 4.69) is 5.32 Å². The SMILES string of the molecule is CCOC(=O)CNC(=O)N(CC(=O)N(Cc1ccc(F)cc1)Cc1sccc1C)C(C)C. The molecule has 2 aromatic rings. The lowest BCUT2D eigenvalue weighted by atomic mass is 10.2. The van der Waals surface area contributed by atoms with Gasteiger partial charge in [0.1, 0.15) is 18.9 Å². The van der Waals surface area contributed by atoms with Crippen LogP contribution in [0.25, 0.3) is 0 Å². The topological polar surface area (TPSA) is 79.0 Å². The first-order valence-corrected chi connectivity index (χ1v) is 11.3. The maximum atomic E-state index is 13.3. The van der Waals surface area contributed by atoms with Crippen molar-refractivity contribution in [2.75, 3.05) is 19.7 Å². The van der Waals surface area contributed by atoms with E-state index in [-0.39, 0.29) is 44.0 Å². The smallest absolute Gasteiger partial charge is 0.325 e. The molecule has 0 aliphatic heterocycles. The Morgan fingerprint density at radius 3 is 2.38 bits per heavy atom. The number of amides is 3. The van der Waals surface area contributed by atoms with Gasteiger partial charge in [0.15, 0.2) is 0 Å². The van der Waals surface area contributed by atoms with Gasteiger partial charge in [0.25, 0.3) is 0 Å². The summed E-state index contributed by atoms with van der Waals surface area (Å²) in [5, 5.41) is 4.47. The van der Waals surface area contributed by atoms with Crippen molar-refractivity contribution in [1.82, 2.24) is 15.1 Å². The van der Waals surface area contributed by atoms with Crippen molar-refractivity contribution in [2.45, 2.75) is 46.8 Å². The first-order chi connectivity index (χ1) is 15.2. The van der Waals surface area contributed by atoms with E-state index in [9.17, 15) is 18.8 Å². The van der Waals surface area contributed by atoms with Gasteiger partial charge in [-0.3, -0.25) is 9.59 Å². The Balaban J connectivity index is 2.14. The molecule has 174 valence electrons. The van der Waals surface area contributed by atoms with Crippen LogP contribution in [-0.4, -0.2) is 53.4 Å². The van der Waals surface area contributed by atoms with Crippen molar-refractivity contribution in [3.63, 3.8) is 0 Å². The zero-order valence-corrected chi connectivity index (χ0v) is 19.7. The maximum Gasteiger partial charge on any atom is 0.325 e. The molecule has 32 heavy (non-hydrogen) atoms. The Morgan fingerprint density at radius 2 is 1.81 bits per heavy atom. The van der Waals surface area contributed by atoms with E-state index in [1.165, 1.54) is 17.0 Å². The van der Waals surface area contributed by atoms with Crippen LogP contribution in [0.3, 0.4) is 0 Å². The summed E-state index contributed by atoms with van der Waals surface area (Å²) in [7, 11) is 0. The van der Waals surface area contributed by atoms with E-state index in [4.69, 9.17) is 4.74 Å². The molecular weight excluding hydrogens is 433 g/mol. The average molecular weight is 464 g/mol. The van der Waals surface area contributed by atoms with E-state index in [0.717, 1.165) is 16.0 Å². The zero-order chi connectivity index (χ0) is 23.7. The summed E-state index contributed by atoms with van der Waals surface area (Å²) >= 11 is 1.56. The second-order valence-corrected chi connectivity index (χ2v) is 8.59. The van der Waals surface area contributed by atoms with E-state index in [1.807, 2.05) is 18.4 Å². The number of carbonyl (C=O) groups is 3. The van der Waals surface area contributed by atoms with Crippen LogP contribution in [0.4, 0.5) is 9.18 Å². The van der Waals surface area contributed by atoms with E-state index in [1.54, 1.807) is 49.1 Å². The zero-order valence-electron chi connectivity index (χ0n) is 18.9. The van der Waals surface area contributed by atoms with Crippen LogP contribution in [0.2, 0.25) is 0 Å². The molecule has 0 saturated heterocycles. The van der Waals surface area contributed by atoms with Crippen molar-refractivity contribution in [2.24, 2.45) is 0 Å². The molecule has 0 saturated carbocycles. The molecule has 1 heterocycles. The van der Waals surface area contributed by atoms with Gasteiger partial charge in [0, 0.05) is 17.5 Å². The molecule has 2 rings (SSSR count). The summed E-state index contributed by atoms with van der Waals surface area (Å²) in [6.45, 7) is 7.73. The maximum absolute atomic E-state index is 13.3. The molecule has 0 radical (unpaired) electrons. The third-order valence-corrected chi connectivity index (χ3v) is 5.83. The molecule has 0 bridgehead atoms. The third-order valence-electron chi connectivity index (χ3n) is 4.82. The normalized spacial score (nSPS) is 10.7. The summed E-state index contributed by atoms with van der Waals surface area (Å²) in [4.78, 5) is 41.5. The predicted molar refractivity (Wildman–Crippen MR) is 122 cm³/mol. The number of nitrogens with zero attached hydrogens (tertiary/aromatic N) is 2. The Labute approximate surface area is 192 Å². The largest absolute Gasteiger partial charge is 0.465 e. The minimum atomic E-state index is -0.540. The quantitative estimate of drug-likeness (QED) is 0.545.